The van der Waals surface area contributed by atoms with E-state index in [1.807, 2.05) is 0 Å². The molecule has 0 aliphatic rings. The van der Waals surface area contributed by atoms with Crippen LogP contribution in [-0.4, -0.2) is 4.98 Å². The zero-order chi connectivity index (χ0) is 15.8. The van der Waals surface area contributed by atoms with Crippen molar-refractivity contribution in [2.75, 3.05) is 0 Å². The molecule has 0 spiro atoms. The lowest BCUT2D eigenvalue weighted by molar-refractivity contribution is 0.0894. The molecule has 0 saturated carbocycles. The summed E-state index contributed by atoms with van der Waals surface area (Å²) in [6.07, 6.45) is 0. The summed E-state index contributed by atoms with van der Waals surface area (Å²) in [6, 6.07) is 6.02. The van der Waals surface area contributed by atoms with Crippen LogP contribution >= 0.6 is 46.6 Å². The van der Waals surface area contributed by atoms with Crippen LogP contribution in [0.25, 0.3) is 0 Å². The highest BCUT2D eigenvalue weighted by atomic mass is 35.5. The Balaban J connectivity index is 2.54. The number of rotatable bonds is 3. The van der Waals surface area contributed by atoms with E-state index >= 15 is 0 Å². The number of halogens is 5. The summed E-state index contributed by atoms with van der Waals surface area (Å²) in [6.45, 7) is 1.52. The Bertz CT molecular complexity index is 723. The Morgan fingerprint density at radius 3 is 2.33 bits per heavy atom. The SMILES string of the molecule is Cc1c(Sc2c(Cl)cccc2Cl)cc(C(F)(F)Cl)[nH]c1=O. The summed E-state index contributed by atoms with van der Waals surface area (Å²) >= 11 is 18.1. The molecule has 1 aromatic carbocycles. The van der Waals surface area contributed by atoms with Crippen LogP contribution < -0.4 is 5.56 Å². The first-order valence-corrected chi connectivity index (χ1v) is 7.58. The van der Waals surface area contributed by atoms with E-state index in [1.165, 1.54) is 6.92 Å². The first-order valence-electron chi connectivity index (χ1n) is 5.63. The van der Waals surface area contributed by atoms with E-state index in [0.29, 0.717) is 19.8 Å². The summed E-state index contributed by atoms with van der Waals surface area (Å²) < 4.78 is 26.4. The van der Waals surface area contributed by atoms with Crippen LogP contribution in [0.2, 0.25) is 10.0 Å². The van der Waals surface area contributed by atoms with E-state index in [2.05, 4.69) is 4.98 Å². The van der Waals surface area contributed by atoms with Crippen LogP contribution in [0, 0.1) is 6.92 Å². The minimum absolute atomic E-state index is 0.278. The highest BCUT2D eigenvalue weighted by molar-refractivity contribution is 7.99. The fourth-order valence-electron chi connectivity index (χ4n) is 1.55. The molecule has 0 aliphatic heterocycles. The van der Waals surface area contributed by atoms with E-state index in [4.69, 9.17) is 34.8 Å². The highest BCUT2D eigenvalue weighted by Crippen LogP contribution is 2.40. The lowest BCUT2D eigenvalue weighted by atomic mass is 10.2. The topological polar surface area (TPSA) is 32.9 Å². The zero-order valence-electron chi connectivity index (χ0n) is 10.5. The number of H-pyrrole nitrogens is 1. The largest absolute Gasteiger partial charge is 0.362 e. The summed E-state index contributed by atoms with van der Waals surface area (Å²) in [4.78, 5) is 14.6. The second kappa shape index (κ2) is 6.16. The van der Waals surface area contributed by atoms with Gasteiger partial charge < -0.3 is 4.98 Å². The Labute approximate surface area is 138 Å². The second-order valence-electron chi connectivity index (χ2n) is 4.15. The van der Waals surface area contributed by atoms with E-state index < -0.39 is 16.6 Å². The summed E-state index contributed by atoms with van der Waals surface area (Å²) in [5, 5.41) is -2.93. The Morgan fingerprint density at radius 2 is 1.81 bits per heavy atom. The maximum absolute atomic E-state index is 13.2. The third kappa shape index (κ3) is 3.72. The molecule has 0 fully saturated rings. The number of alkyl halides is 3. The maximum Gasteiger partial charge on any atom is 0.362 e. The van der Waals surface area contributed by atoms with Crippen molar-refractivity contribution in [3.8, 4) is 0 Å². The number of aromatic amines is 1. The van der Waals surface area contributed by atoms with Gasteiger partial charge in [0.05, 0.1) is 10.0 Å². The third-order valence-electron chi connectivity index (χ3n) is 2.67. The molecular formula is C13H8Cl3F2NOS. The van der Waals surface area contributed by atoms with Crippen molar-refractivity contribution in [3.63, 3.8) is 0 Å². The van der Waals surface area contributed by atoms with Gasteiger partial charge in [0, 0.05) is 15.4 Å². The van der Waals surface area contributed by atoms with Crippen LogP contribution in [-0.2, 0) is 5.38 Å². The van der Waals surface area contributed by atoms with Gasteiger partial charge in [-0.05, 0) is 36.7 Å². The Morgan fingerprint density at radius 1 is 1.24 bits per heavy atom. The van der Waals surface area contributed by atoms with Crippen LogP contribution in [0.15, 0.2) is 38.9 Å². The number of hydrogen-bond donors (Lipinski definition) is 1. The molecule has 8 heteroatoms. The molecule has 0 amide bonds. The van der Waals surface area contributed by atoms with E-state index in [-0.39, 0.29) is 5.56 Å². The molecule has 2 rings (SSSR count). The molecule has 21 heavy (non-hydrogen) atoms. The molecule has 1 aromatic heterocycles. The van der Waals surface area contributed by atoms with Crippen molar-refractivity contribution in [1.29, 1.82) is 0 Å². The lowest BCUT2D eigenvalue weighted by Gasteiger charge is -2.12. The first kappa shape index (κ1) is 16.6. The fourth-order valence-corrected chi connectivity index (χ4v) is 3.26. The third-order valence-corrected chi connectivity index (χ3v) is 5.02. The number of aromatic nitrogens is 1. The number of nitrogens with one attached hydrogen (secondary N) is 1. The summed E-state index contributed by atoms with van der Waals surface area (Å²) in [5.74, 6) is 0. The average Bonchev–Trinajstić information content (AvgIpc) is 2.37. The normalized spacial score (nSPS) is 11.7. The van der Waals surface area contributed by atoms with Gasteiger partial charge >= 0.3 is 5.38 Å². The van der Waals surface area contributed by atoms with Gasteiger partial charge in [-0.25, -0.2) is 0 Å². The van der Waals surface area contributed by atoms with Crippen LogP contribution in [0.1, 0.15) is 11.3 Å². The van der Waals surface area contributed by atoms with Gasteiger partial charge in [0.1, 0.15) is 5.69 Å². The summed E-state index contributed by atoms with van der Waals surface area (Å²) in [5.41, 5.74) is -1.04. The second-order valence-corrected chi connectivity index (χ2v) is 6.49. The maximum atomic E-state index is 13.2. The lowest BCUT2D eigenvalue weighted by Crippen LogP contribution is -2.18. The van der Waals surface area contributed by atoms with Gasteiger partial charge in [-0.15, -0.1) is 0 Å². The molecule has 0 bridgehead atoms. The molecule has 0 saturated heterocycles. The molecule has 0 radical (unpaired) electrons. The van der Waals surface area contributed by atoms with Crippen molar-refractivity contribution in [1.82, 2.24) is 4.98 Å². The summed E-state index contributed by atoms with van der Waals surface area (Å²) in [7, 11) is 0. The predicted molar refractivity (Wildman–Crippen MR) is 82.1 cm³/mol. The predicted octanol–water partition coefficient (Wildman–Crippen LogP) is 5.43. The quantitative estimate of drug-likeness (QED) is 0.731. The van der Waals surface area contributed by atoms with Gasteiger partial charge in [0.2, 0.25) is 0 Å². The van der Waals surface area contributed by atoms with Crippen molar-refractivity contribution in [3.05, 3.63) is 55.9 Å². The van der Waals surface area contributed by atoms with Crippen LogP contribution in [0.3, 0.4) is 0 Å². The molecule has 0 aliphatic carbocycles. The Hall–Kier alpha value is -0.750. The minimum atomic E-state index is -3.66. The van der Waals surface area contributed by atoms with Gasteiger partial charge in [-0.3, -0.25) is 4.79 Å². The molecule has 1 heterocycles. The molecule has 0 atom stereocenters. The smallest absolute Gasteiger partial charge is 0.319 e. The minimum Gasteiger partial charge on any atom is -0.319 e. The molecule has 1 N–H and O–H groups in total. The molecule has 2 aromatic rings. The van der Waals surface area contributed by atoms with E-state index in [0.717, 1.165) is 17.8 Å². The van der Waals surface area contributed by atoms with Crippen molar-refractivity contribution < 1.29 is 8.78 Å². The fraction of sp³-hybridized carbons (Fsp3) is 0.154. The molecular weight excluding hydrogens is 363 g/mol. The standard InChI is InChI=1S/C13H8Cl3F2NOS/c1-6-9(5-10(13(16,17)18)19-12(6)20)21-11-7(14)3-2-4-8(11)15/h2-5H,1H3,(H,19,20). The molecule has 2 nitrogen and oxygen atoms in total. The number of hydrogen-bond acceptors (Lipinski definition) is 2. The van der Waals surface area contributed by atoms with Crippen LogP contribution in [0.5, 0.6) is 0 Å². The molecule has 112 valence electrons. The van der Waals surface area contributed by atoms with Gasteiger partial charge in [0.15, 0.2) is 0 Å². The first-order chi connectivity index (χ1) is 9.70. The van der Waals surface area contributed by atoms with Crippen LogP contribution in [0.4, 0.5) is 8.78 Å². The van der Waals surface area contributed by atoms with Crippen molar-refractivity contribution in [2.45, 2.75) is 22.1 Å². The van der Waals surface area contributed by atoms with Crippen molar-refractivity contribution >= 4 is 46.6 Å². The van der Waals surface area contributed by atoms with E-state index in [1.54, 1.807) is 18.2 Å². The highest BCUT2D eigenvalue weighted by Gasteiger charge is 2.30. The Kier molecular flexibility index (Phi) is 4.88. The van der Waals surface area contributed by atoms with Gasteiger partial charge in [0.25, 0.3) is 5.56 Å². The molecule has 0 unspecified atom stereocenters. The van der Waals surface area contributed by atoms with Gasteiger partial charge in [-0.2, -0.15) is 8.78 Å². The number of pyridine rings is 1. The monoisotopic (exact) mass is 369 g/mol. The zero-order valence-corrected chi connectivity index (χ0v) is 13.6. The average molecular weight is 371 g/mol. The number of benzene rings is 1. The van der Waals surface area contributed by atoms with Gasteiger partial charge in [-0.1, -0.05) is 41.0 Å². The van der Waals surface area contributed by atoms with Crippen molar-refractivity contribution in [2.24, 2.45) is 0 Å². The van der Waals surface area contributed by atoms with E-state index in [9.17, 15) is 13.6 Å².